The van der Waals surface area contributed by atoms with Gasteiger partial charge in [-0.3, -0.25) is 4.79 Å². The van der Waals surface area contributed by atoms with Gasteiger partial charge >= 0.3 is 0 Å². The second-order valence-electron chi connectivity index (χ2n) is 5.83. The standard InChI is InChI=1S/C15H18FN5O/c1-10-7-12(5-6-13(10)16)15-17-19-21(18-15)9-14(22)20(2)8-11-3-4-11/h5-7,11H,3-4,8-9H2,1-2H3. The van der Waals surface area contributed by atoms with Gasteiger partial charge in [-0.25, -0.2) is 4.39 Å². The van der Waals surface area contributed by atoms with Gasteiger partial charge in [0.25, 0.3) is 0 Å². The van der Waals surface area contributed by atoms with E-state index in [1.807, 2.05) is 0 Å². The number of carbonyl (C=O) groups is 1. The molecule has 0 unspecified atom stereocenters. The van der Waals surface area contributed by atoms with Crippen LogP contribution in [0.15, 0.2) is 18.2 Å². The second kappa shape index (κ2) is 5.82. The molecule has 0 radical (unpaired) electrons. The summed E-state index contributed by atoms with van der Waals surface area (Å²) in [7, 11) is 1.79. The van der Waals surface area contributed by atoms with Crippen LogP contribution in [0.2, 0.25) is 0 Å². The summed E-state index contributed by atoms with van der Waals surface area (Å²) in [5.74, 6) is 0.732. The monoisotopic (exact) mass is 303 g/mol. The van der Waals surface area contributed by atoms with Crippen molar-refractivity contribution in [3.05, 3.63) is 29.6 Å². The molecule has 116 valence electrons. The largest absolute Gasteiger partial charge is 0.344 e. The molecule has 0 saturated heterocycles. The van der Waals surface area contributed by atoms with Crippen molar-refractivity contribution in [3.8, 4) is 11.4 Å². The van der Waals surface area contributed by atoms with E-state index in [0.717, 1.165) is 6.54 Å². The van der Waals surface area contributed by atoms with E-state index in [-0.39, 0.29) is 18.3 Å². The molecule has 1 aliphatic carbocycles. The quantitative estimate of drug-likeness (QED) is 0.842. The molecule has 3 rings (SSSR count). The minimum atomic E-state index is -0.270. The van der Waals surface area contributed by atoms with Crippen molar-refractivity contribution in [2.75, 3.05) is 13.6 Å². The van der Waals surface area contributed by atoms with E-state index >= 15 is 0 Å². The summed E-state index contributed by atoms with van der Waals surface area (Å²) >= 11 is 0. The maximum atomic E-state index is 13.3. The van der Waals surface area contributed by atoms with Crippen molar-refractivity contribution in [3.63, 3.8) is 0 Å². The Kier molecular flexibility index (Phi) is 3.87. The van der Waals surface area contributed by atoms with Gasteiger partial charge in [0.15, 0.2) is 0 Å². The summed E-state index contributed by atoms with van der Waals surface area (Å²) in [5, 5.41) is 12.0. The second-order valence-corrected chi connectivity index (χ2v) is 5.83. The van der Waals surface area contributed by atoms with Crippen molar-refractivity contribution in [2.24, 2.45) is 5.92 Å². The number of hydrogen-bond donors (Lipinski definition) is 0. The molecule has 1 amide bonds. The zero-order valence-electron chi connectivity index (χ0n) is 12.7. The summed E-state index contributed by atoms with van der Waals surface area (Å²) in [6.07, 6.45) is 2.40. The molecule has 0 spiro atoms. The van der Waals surface area contributed by atoms with Crippen LogP contribution in [0.5, 0.6) is 0 Å². The number of benzene rings is 1. The minimum absolute atomic E-state index is 0.0360. The summed E-state index contributed by atoms with van der Waals surface area (Å²) < 4.78 is 13.3. The molecule has 1 aliphatic rings. The van der Waals surface area contributed by atoms with E-state index < -0.39 is 0 Å². The first-order chi connectivity index (χ1) is 10.5. The molecule has 1 aromatic carbocycles. The molecule has 1 saturated carbocycles. The number of carbonyl (C=O) groups excluding carboxylic acids is 1. The zero-order valence-corrected chi connectivity index (χ0v) is 12.7. The predicted octanol–water partition coefficient (Wildman–Crippen LogP) is 1.66. The summed E-state index contributed by atoms with van der Waals surface area (Å²) in [6.45, 7) is 2.54. The third-order valence-electron chi connectivity index (χ3n) is 3.80. The molecule has 1 aromatic heterocycles. The average Bonchev–Trinajstić information content (AvgIpc) is 3.18. The van der Waals surface area contributed by atoms with Crippen LogP contribution in [0, 0.1) is 18.7 Å². The molecule has 0 N–H and O–H groups in total. The SMILES string of the molecule is Cc1cc(-c2nnn(CC(=O)N(C)CC3CC3)n2)ccc1F. The number of halogens is 1. The molecule has 2 aromatic rings. The van der Waals surface area contributed by atoms with Crippen molar-refractivity contribution in [1.82, 2.24) is 25.1 Å². The van der Waals surface area contributed by atoms with E-state index in [4.69, 9.17) is 0 Å². The number of nitrogens with zero attached hydrogens (tertiary/aromatic N) is 5. The van der Waals surface area contributed by atoms with E-state index in [0.29, 0.717) is 22.9 Å². The molecule has 0 aliphatic heterocycles. The lowest BCUT2D eigenvalue weighted by Gasteiger charge is -2.15. The molecule has 0 atom stereocenters. The number of aryl methyl sites for hydroxylation is 1. The lowest BCUT2D eigenvalue weighted by molar-refractivity contribution is -0.131. The lowest BCUT2D eigenvalue weighted by Crippen LogP contribution is -2.32. The topological polar surface area (TPSA) is 63.9 Å². The fourth-order valence-electron chi connectivity index (χ4n) is 2.24. The van der Waals surface area contributed by atoms with Crippen molar-refractivity contribution < 1.29 is 9.18 Å². The predicted molar refractivity (Wildman–Crippen MR) is 78.3 cm³/mol. The normalized spacial score (nSPS) is 14.1. The Morgan fingerprint density at radius 1 is 1.45 bits per heavy atom. The number of hydrogen-bond acceptors (Lipinski definition) is 4. The van der Waals surface area contributed by atoms with Crippen LogP contribution in [0.25, 0.3) is 11.4 Å². The molecular weight excluding hydrogens is 285 g/mol. The Hall–Kier alpha value is -2.31. The Bertz CT molecular complexity index is 695. The van der Waals surface area contributed by atoms with Gasteiger partial charge in [-0.1, -0.05) is 0 Å². The highest BCUT2D eigenvalue weighted by molar-refractivity contribution is 5.75. The highest BCUT2D eigenvalue weighted by Crippen LogP contribution is 2.29. The third kappa shape index (κ3) is 3.29. The van der Waals surface area contributed by atoms with Gasteiger partial charge in [-0.2, -0.15) is 4.80 Å². The van der Waals surface area contributed by atoms with Gasteiger partial charge in [-0.15, -0.1) is 10.2 Å². The van der Waals surface area contributed by atoms with Crippen LogP contribution in [0.3, 0.4) is 0 Å². The van der Waals surface area contributed by atoms with Crippen LogP contribution >= 0.6 is 0 Å². The Morgan fingerprint density at radius 3 is 2.91 bits per heavy atom. The van der Waals surface area contributed by atoms with Gasteiger partial charge in [-0.05, 0) is 54.7 Å². The fraction of sp³-hybridized carbons (Fsp3) is 0.467. The maximum Gasteiger partial charge on any atom is 0.245 e. The summed E-state index contributed by atoms with van der Waals surface area (Å²) in [6, 6.07) is 4.64. The molecular formula is C15H18FN5O. The smallest absolute Gasteiger partial charge is 0.245 e. The lowest BCUT2D eigenvalue weighted by atomic mass is 10.1. The number of aromatic nitrogens is 4. The van der Waals surface area contributed by atoms with E-state index in [1.54, 1.807) is 31.0 Å². The number of rotatable bonds is 5. The maximum absolute atomic E-state index is 13.3. The van der Waals surface area contributed by atoms with Crippen molar-refractivity contribution in [2.45, 2.75) is 26.3 Å². The van der Waals surface area contributed by atoms with E-state index in [9.17, 15) is 9.18 Å². The molecule has 0 bridgehead atoms. The van der Waals surface area contributed by atoms with Crippen LogP contribution in [0.4, 0.5) is 4.39 Å². The first kappa shape index (κ1) is 14.6. The minimum Gasteiger partial charge on any atom is -0.344 e. The first-order valence-corrected chi connectivity index (χ1v) is 7.31. The van der Waals surface area contributed by atoms with Crippen LogP contribution in [-0.4, -0.2) is 44.6 Å². The molecule has 1 heterocycles. The van der Waals surface area contributed by atoms with E-state index in [1.165, 1.54) is 23.7 Å². The average molecular weight is 303 g/mol. The van der Waals surface area contributed by atoms with Gasteiger partial charge in [0, 0.05) is 19.2 Å². The van der Waals surface area contributed by atoms with Crippen LogP contribution < -0.4 is 0 Å². The third-order valence-corrected chi connectivity index (χ3v) is 3.80. The van der Waals surface area contributed by atoms with Crippen LogP contribution in [-0.2, 0) is 11.3 Å². The van der Waals surface area contributed by atoms with Gasteiger partial charge in [0.05, 0.1) is 0 Å². The van der Waals surface area contributed by atoms with Crippen molar-refractivity contribution >= 4 is 5.91 Å². The summed E-state index contributed by atoms with van der Waals surface area (Å²) in [4.78, 5) is 15.1. The molecule has 7 heteroatoms. The van der Waals surface area contributed by atoms with Crippen molar-refractivity contribution in [1.29, 1.82) is 0 Å². The number of likely N-dealkylation sites (N-methyl/N-ethyl adjacent to an activating group) is 1. The summed E-state index contributed by atoms with van der Waals surface area (Å²) in [5.41, 5.74) is 1.21. The highest BCUT2D eigenvalue weighted by atomic mass is 19.1. The highest BCUT2D eigenvalue weighted by Gasteiger charge is 2.25. The fourth-order valence-corrected chi connectivity index (χ4v) is 2.24. The van der Waals surface area contributed by atoms with Gasteiger partial charge in [0.2, 0.25) is 11.7 Å². The molecule has 22 heavy (non-hydrogen) atoms. The van der Waals surface area contributed by atoms with Gasteiger partial charge in [0.1, 0.15) is 12.4 Å². The number of tetrazole rings is 1. The first-order valence-electron chi connectivity index (χ1n) is 7.31. The van der Waals surface area contributed by atoms with Gasteiger partial charge < -0.3 is 4.90 Å². The number of amides is 1. The van der Waals surface area contributed by atoms with E-state index in [2.05, 4.69) is 15.4 Å². The zero-order chi connectivity index (χ0) is 15.7. The van der Waals surface area contributed by atoms with Crippen LogP contribution in [0.1, 0.15) is 18.4 Å². The Balaban J connectivity index is 1.67. The molecule has 1 fully saturated rings. The Morgan fingerprint density at radius 2 is 2.23 bits per heavy atom. The Labute approximate surface area is 127 Å². The molecule has 6 nitrogen and oxygen atoms in total.